The van der Waals surface area contributed by atoms with Crippen LogP contribution in [0.3, 0.4) is 0 Å². The Morgan fingerprint density at radius 2 is 1.65 bits per heavy atom. The molecule has 0 saturated heterocycles. The predicted octanol–water partition coefficient (Wildman–Crippen LogP) is 6.64. The minimum atomic E-state index is -0.404. The molecule has 2 rings (SSSR count). The number of unbranched alkanes of at least 4 members (excludes halogenated alkanes) is 1. The lowest BCUT2D eigenvalue weighted by atomic mass is 9.86. The molecule has 170 valence electrons. The number of ether oxygens (including phenoxy) is 2. The number of anilines is 1. The van der Waals surface area contributed by atoms with Crippen LogP contribution in [0.5, 0.6) is 5.75 Å². The molecule has 0 bridgehead atoms. The highest BCUT2D eigenvalue weighted by Crippen LogP contribution is 2.33. The number of esters is 1. The summed E-state index contributed by atoms with van der Waals surface area (Å²) < 4.78 is 10.6. The number of hydrogen-bond donors (Lipinski definition) is 1. The molecule has 0 heterocycles. The number of halogens is 1. The van der Waals surface area contributed by atoms with E-state index in [1.165, 1.54) is 7.11 Å². The van der Waals surface area contributed by atoms with Gasteiger partial charge in [-0.15, -0.1) is 0 Å². The summed E-state index contributed by atoms with van der Waals surface area (Å²) in [6.45, 7) is 10.9. The fourth-order valence-corrected chi connectivity index (χ4v) is 2.99. The normalized spacial score (nSPS) is 10.5. The minimum Gasteiger partial charge on any atom is -0.493 e. The number of carbonyl (C=O) groups excluding carboxylic acids is 2. The molecule has 6 heteroatoms. The van der Waals surface area contributed by atoms with E-state index in [1.807, 2.05) is 32.0 Å². The van der Waals surface area contributed by atoms with Gasteiger partial charge in [0.05, 0.1) is 19.3 Å². The molecular weight excluding hydrogens is 414 g/mol. The number of benzene rings is 2. The Kier molecular flexibility index (Phi) is 11.1. The third-order valence-electron chi connectivity index (χ3n) is 4.40. The monoisotopic (exact) mass is 447 g/mol. The highest BCUT2D eigenvalue weighted by Gasteiger charge is 2.19. The van der Waals surface area contributed by atoms with Gasteiger partial charge in [0.25, 0.3) is 0 Å². The Bertz CT molecular complexity index is 842. The number of carbonyl (C=O) groups is 2. The van der Waals surface area contributed by atoms with E-state index in [9.17, 15) is 9.59 Å². The van der Waals surface area contributed by atoms with Crippen LogP contribution in [0, 0.1) is 0 Å². The van der Waals surface area contributed by atoms with Crippen LogP contribution in [0.1, 0.15) is 69.8 Å². The van der Waals surface area contributed by atoms with Crippen molar-refractivity contribution in [3.05, 3.63) is 58.6 Å². The van der Waals surface area contributed by atoms with Crippen LogP contribution in [0.2, 0.25) is 5.02 Å². The van der Waals surface area contributed by atoms with Crippen molar-refractivity contribution < 1.29 is 19.1 Å². The third kappa shape index (κ3) is 9.01. The van der Waals surface area contributed by atoms with Crippen molar-refractivity contribution in [1.82, 2.24) is 0 Å². The molecule has 0 radical (unpaired) electrons. The van der Waals surface area contributed by atoms with Crippen LogP contribution in [0.15, 0.2) is 42.5 Å². The van der Waals surface area contributed by atoms with Gasteiger partial charge >= 0.3 is 5.97 Å². The standard InChI is InChI=1S/C23H28ClNO4.C2H6/c1-23(2,3)19-15-17(24)10-13-20(19)29-14-6-5-7-21(26)25-18-11-8-16(9-12-18)22(27)28-4;1-2/h8-13,15H,5-7,14H2,1-4H3,(H,25,26);1-2H3. The van der Waals surface area contributed by atoms with Crippen LogP contribution < -0.4 is 10.1 Å². The molecule has 2 aromatic rings. The van der Waals surface area contributed by atoms with Gasteiger partial charge in [-0.25, -0.2) is 4.79 Å². The summed E-state index contributed by atoms with van der Waals surface area (Å²) in [5, 5.41) is 3.52. The summed E-state index contributed by atoms with van der Waals surface area (Å²) in [4.78, 5) is 23.5. The molecule has 0 atom stereocenters. The van der Waals surface area contributed by atoms with Gasteiger partial charge in [-0.3, -0.25) is 4.79 Å². The highest BCUT2D eigenvalue weighted by molar-refractivity contribution is 6.30. The molecular formula is C25H34ClNO4. The van der Waals surface area contributed by atoms with Crippen LogP contribution in [0.25, 0.3) is 0 Å². The Hall–Kier alpha value is -2.53. The fourth-order valence-electron chi connectivity index (χ4n) is 2.81. The van der Waals surface area contributed by atoms with Gasteiger partial charge in [0.15, 0.2) is 0 Å². The average Bonchev–Trinajstić information content (AvgIpc) is 2.75. The molecule has 0 unspecified atom stereocenters. The molecule has 5 nitrogen and oxygen atoms in total. The highest BCUT2D eigenvalue weighted by atomic mass is 35.5. The van der Waals surface area contributed by atoms with Crippen LogP contribution in [0.4, 0.5) is 5.69 Å². The Balaban J connectivity index is 0.00000233. The number of rotatable bonds is 8. The van der Waals surface area contributed by atoms with E-state index in [-0.39, 0.29) is 11.3 Å². The van der Waals surface area contributed by atoms with Crippen molar-refractivity contribution in [2.45, 2.75) is 59.3 Å². The smallest absolute Gasteiger partial charge is 0.337 e. The van der Waals surface area contributed by atoms with Crippen molar-refractivity contribution in [3.8, 4) is 5.75 Å². The summed E-state index contributed by atoms with van der Waals surface area (Å²) in [6.07, 6.45) is 1.88. The van der Waals surface area contributed by atoms with E-state index in [2.05, 4.69) is 30.8 Å². The molecule has 1 N–H and O–H groups in total. The van der Waals surface area contributed by atoms with E-state index in [4.69, 9.17) is 16.3 Å². The van der Waals surface area contributed by atoms with Crippen LogP contribution >= 0.6 is 11.6 Å². The predicted molar refractivity (Wildman–Crippen MR) is 127 cm³/mol. The van der Waals surface area contributed by atoms with Crippen LogP contribution in [-0.4, -0.2) is 25.6 Å². The maximum absolute atomic E-state index is 12.1. The van der Waals surface area contributed by atoms with E-state index < -0.39 is 5.97 Å². The second kappa shape index (κ2) is 13.0. The van der Waals surface area contributed by atoms with Gasteiger partial charge in [-0.05, 0) is 60.7 Å². The SMILES string of the molecule is CC.COC(=O)c1ccc(NC(=O)CCCCOc2ccc(Cl)cc2C(C)(C)C)cc1. The second-order valence-electron chi connectivity index (χ2n) is 7.81. The topological polar surface area (TPSA) is 64.6 Å². The zero-order chi connectivity index (χ0) is 23.4. The van der Waals surface area contributed by atoms with E-state index in [1.54, 1.807) is 24.3 Å². The van der Waals surface area contributed by atoms with Gasteiger partial charge in [0.2, 0.25) is 5.91 Å². The largest absolute Gasteiger partial charge is 0.493 e. The number of methoxy groups -OCH3 is 1. The van der Waals surface area contributed by atoms with Crippen molar-refractivity contribution in [2.24, 2.45) is 0 Å². The van der Waals surface area contributed by atoms with Gasteiger partial charge in [-0.1, -0.05) is 46.2 Å². The second-order valence-corrected chi connectivity index (χ2v) is 8.25. The molecule has 0 aromatic heterocycles. The summed E-state index contributed by atoms with van der Waals surface area (Å²) in [5.41, 5.74) is 2.09. The Labute approximate surface area is 191 Å². The van der Waals surface area contributed by atoms with Crippen molar-refractivity contribution in [2.75, 3.05) is 19.0 Å². The first kappa shape index (κ1) is 26.5. The van der Waals surface area contributed by atoms with Gasteiger partial charge in [0.1, 0.15) is 5.75 Å². The molecule has 1 amide bonds. The van der Waals surface area contributed by atoms with E-state index in [0.717, 1.165) is 17.7 Å². The number of amides is 1. The molecule has 0 aliphatic rings. The van der Waals surface area contributed by atoms with Crippen LogP contribution in [-0.2, 0) is 14.9 Å². The van der Waals surface area contributed by atoms with Gasteiger partial charge in [-0.2, -0.15) is 0 Å². The molecule has 2 aromatic carbocycles. The van der Waals surface area contributed by atoms with Gasteiger partial charge < -0.3 is 14.8 Å². The Morgan fingerprint density at radius 3 is 2.23 bits per heavy atom. The van der Waals surface area contributed by atoms with E-state index >= 15 is 0 Å². The van der Waals surface area contributed by atoms with Crippen molar-refractivity contribution in [3.63, 3.8) is 0 Å². The Morgan fingerprint density at radius 1 is 1.00 bits per heavy atom. The molecule has 0 aliphatic heterocycles. The molecule has 31 heavy (non-hydrogen) atoms. The maximum Gasteiger partial charge on any atom is 0.337 e. The molecule has 0 saturated carbocycles. The first-order valence-electron chi connectivity index (χ1n) is 10.6. The zero-order valence-electron chi connectivity index (χ0n) is 19.4. The molecule has 0 aliphatic carbocycles. The van der Waals surface area contributed by atoms with Crippen molar-refractivity contribution in [1.29, 1.82) is 0 Å². The lowest BCUT2D eigenvalue weighted by Crippen LogP contribution is -2.14. The summed E-state index contributed by atoms with van der Waals surface area (Å²) in [5.74, 6) is 0.355. The quantitative estimate of drug-likeness (QED) is 0.364. The fraction of sp³-hybridized carbons (Fsp3) is 0.440. The molecule has 0 spiro atoms. The van der Waals surface area contributed by atoms with Gasteiger partial charge in [0, 0.05) is 22.7 Å². The summed E-state index contributed by atoms with van der Waals surface area (Å²) in [6, 6.07) is 12.3. The van der Waals surface area contributed by atoms with Crippen molar-refractivity contribution >= 4 is 29.2 Å². The lowest BCUT2D eigenvalue weighted by molar-refractivity contribution is -0.116. The minimum absolute atomic E-state index is 0.0659. The number of nitrogens with one attached hydrogen (secondary N) is 1. The molecule has 0 fully saturated rings. The zero-order valence-corrected chi connectivity index (χ0v) is 20.1. The van der Waals surface area contributed by atoms with E-state index in [0.29, 0.717) is 35.7 Å². The lowest BCUT2D eigenvalue weighted by Gasteiger charge is -2.23. The first-order valence-corrected chi connectivity index (χ1v) is 11.0. The summed E-state index contributed by atoms with van der Waals surface area (Å²) >= 11 is 6.12. The average molecular weight is 448 g/mol. The first-order chi connectivity index (χ1) is 14.7. The maximum atomic E-state index is 12.1. The third-order valence-corrected chi connectivity index (χ3v) is 4.63. The summed E-state index contributed by atoms with van der Waals surface area (Å²) in [7, 11) is 1.33. The number of hydrogen-bond acceptors (Lipinski definition) is 4.